The van der Waals surface area contributed by atoms with Crippen LogP contribution in [0, 0.1) is 13.8 Å². The van der Waals surface area contributed by atoms with E-state index >= 15 is 0 Å². The first kappa shape index (κ1) is 17.0. The molecule has 0 radical (unpaired) electrons. The predicted molar refractivity (Wildman–Crippen MR) is 97.0 cm³/mol. The van der Waals surface area contributed by atoms with Gasteiger partial charge in [-0.15, -0.1) is 0 Å². The number of methoxy groups -OCH3 is 1. The molecule has 0 saturated carbocycles. The topological polar surface area (TPSA) is 50.4 Å². The van der Waals surface area contributed by atoms with Gasteiger partial charge in [0.2, 0.25) is 5.91 Å². The van der Waals surface area contributed by atoms with E-state index in [2.05, 4.69) is 10.6 Å². The van der Waals surface area contributed by atoms with Crippen LogP contribution in [0.25, 0.3) is 0 Å². The minimum absolute atomic E-state index is 0.154. The monoisotopic (exact) mass is 328 g/mol. The fraction of sp³-hybridized carbons (Fsp3) is 0.222. The summed E-state index contributed by atoms with van der Waals surface area (Å²) in [4.78, 5) is 12.1. The Labute approximate surface area is 141 Å². The van der Waals surface area contributed by atoms with Crippen molar-refractivity contribution >= 4 is 28.9 Å². The molecule has 0 aliphatic carbocycles. The Bertz CT molecular complexity index is 691. The van der Waals surface area contributed by atoms with Gasteiger partial charge in [0, 0.05) is 5.69 Å². The highest BCUT2D eigenvalue weighted by Crippen LogP contribution is 2.19. The molecule has 0 spiro atoms. The molecule has 23 heavy (non-hydrogen) atoms. The molecule has 0 saturated heterocycles. The van der Waals surface area contributed by atoms with Gasteiger partial charge in [-0.25, -0.2) is 0 Å². The number of benzene rings is 2. The summed E-state index contributed by atoms with van der Waals surface area (Å²) in [7, 11) is 1.61. The Morgan fingerprint density at radius 2 is 1.70 bits per heavy atom. The maximum Gasteiger partial charge on any atom is 0.230 e. The number of rotatable bonds is 4. The largest absolute Gasteiger partial charge is 0.497 e. The van der Waals surface area contributed by atoms with E-state index in [-0.39, 0.29) is 12.3 Å². The minimum Gasteiger partial charge on any atom is -0.497 e. The van der Waals surface area contributed by atoms with E-state index in [1.165, 1.54) is 0 Å². The Balaban J connectivity index is 1.93. The second-order valence-electron chi connectivity index (χ2n) is 5.29. The highest BCUT2D eigenvalue weighted by Gasteiger charge is 2.08. The molecule has 0 aliphatic heterocycles. The van der Waals surface area contributed by atoms with Gasteiger partial charge in [0.25, 0.3) is 0 Å². The summed E-state index contributed by atoms with van der Waals surface area (Å²) in [5.41, 5.74) is 3.99. The van der Waals surface area contributed by atoms with E-state index in [1.54, 1.807) is 7.11 Å². The van der Waals surface area contributed by atoms with Crippen LogP contribution in [0.4, 0.5) is 5.69 Å². The molecule has 0 aromatic heterocycles. The molecule has 2 aromatic rings. The number of thiocarbonyl (C=S) groups is 1. The van der Waals surface area contributed by atoms with Crippen molar-refractivity contribution < 1.29 is 9.53 Å². The van der Waals surface area contributed by atoms with E-state index in [4.69, 9.17) is 17.0 Å². The summed E-state index contributed by atoms with van der Waals surface area (Å²) in [5.74, 6) is 0.611. The van der Waals surface area contributed by atoms with Crippen molar-refractivity contribution in [3.05, 3.63) is 59.2 Å². The van der Waals surface area contributed by atoms with E-state index in [9.17, 15) is 4.79 Å². The molecular formula is C18H20N2O2S. The molecule has 120 valence electrons. The molecule has 2 rings (SSSR count). The summed E-state index contributed by atoms with van der Waals surface area (Å²) in [6.07, 6.45) is 0.262. The summed E-state index contributed by atoms with van der Waals surface area (Å²) in [6, 6.07) is 13.4. The second-order valence-corrected chi connectivity index (χ2v) is 5.70. The number of aryl methyl sites for hydroxylation is 2. The summed E-state index contributed by atoms with van der Waals surface area (Å²) in [5, 5.41) is 6.11. The molecule has 0 bridgehead atoms. The highest BCUT2D eigenvalue weighted by atomic mass is 32.1. The molecule has 0 atom stereocenters. The maximum atomic E-state index is 12.1. The molecule has 0 heterocycles. The number of hydrogen-bond acceptors (Lipinski definition) is 3. The van der Waals surface area contributed by atoms with Crippen molar-refractivity contribution in [2.24, 2.45) is 0 Å². The first-order chi connectivity index (χ1) is 11.0. The van der Waals surface area contributed by atoms with Gasteiger partial charge in [0.05, 0.1) is 13.5 Å². The summed E-state index contributed by atoms with van der Waals surface area (Å²) in [6.45, 7) is 3.99. The summed E-state index contributed by atoms with van der Waals surface area (Å²) < 4.78 is 5.10. The molecule has 2 N–H and O–H groups in total. The zero-order chi connectivity index (χ0) is 16.8. The Kier molecular flexibility index (Phi) is 5.71. The van der Waals surface area contributed by atoms with Gasteiger partial charge in [0.1, 0.15) is 5.75 Å². The third-order valence-corrected chi connectivity index (χ3v) is 3.70. The standard InChI is InChI=1S/C18H20N2O2S/c1-12-5-4-6-13(2)17(12)20-18(23)19-16(21)11-14-7-9-15(22-3)10-8-14/h4-10H,11H2,1-3H3,(H2,19,20,21,23). The van der Waals surface area contributed by atoms with Crippen molar-refractivity contribution in [1.82, 2.24) is 5.32 Å². The summed E-state index contributed by atoms with van der Waals surface area (Å²) >= 11 is 5.22. The number of amides is 1. The number of nitrogens with one attached hydrogen (secondary N) is 2. The highest BCUT2D eigenvalue weighted by molar-refractivity contribution is 7.80. The van der Waals surface area contributed by atoms with Crippen LogP contribution in [-0.4, -0.2) is 18.1 Å². The van der Waals surface area contributed by atoms with Crippen molar-refractivity contribution in [2.45, 2.75) is 20.3 Å². The number of anilines is 1. The number of ether oxygens (including phenoxy) is 1. The van der Waals surface area contributed by atoms with Gasteiger partial charge in [-0.05, 0) is 54.9 Å². The van der Waals surface area contributed by atoms with Crippen LogP contribution < -0.4 is 15.4 Å². The quantitative estimate of drug-likeness (QED) is 0.845. The normalized spacial score (nSPS) is 10.0. The van der Waals surface area contributed by atoms with Gasteiger partial charge in [-0.3, -0.25) is 4.79 Å². The first-order valence-corrected chi connectivity index (χ1v) is 7.70. The molecule has 4 nitrogen and oxygen atoms in total. The third kappa shape index (κ3) is 4.79. The predicted octanol–water partition coefficient (Wildman–Crippen LogP) is 3.37. The molecule has 2 aromatic carbocycles. The van der Waals surface area contributed by atoms with E-state index in [1.807, 2.05) is 56.3 Å². The zero-order valence-corrected chi connectivity index (χ0v) is 14.3. The number of carbonyl (C=O) groups excluding carboxylic acids is 1. The van der Waals surface area contributed by atoms with Crippen LogP contribution >= 0.6 is 12.2 Å². The maximum absolute atomic E-state index is 12.1. The van der Waals surface area contributed by atoms with E-state index in [0.29, 0.717) is 5.11 Å². The zero-order valence-electron chi connectivity index (χ0n) is 13.5. The van der Waals surface area contributed by atoms with Crippen LogP contribution in [0.2, 0.25) is 0 Å². The molecular weight excluding hydrogens is 308 g/mol. The molecule has 0 fully saturated rings. The fourth-order valence-corrected chi connectivity index (χ4v) is 2.47. The average Bonchev–Trinajstić information content (AvgIpc) is 2.51. The third-order valence-electron chi connectivity index (χ3n) is 3.50. The van der Waals surface area contributed by atoms with Crippen molar-refractivity contribution in [2.75, 3.05) is 12.4 Å². The minimum atomic E-state index is -0.154. The lowest BCUT2D eigenvalue weighted by Crippen LogP contribution is -2.35. The molecule has 0 aliphatic rings. The smallest absolute Gasteiger partial charge is 0.230 e. The van der Waals surface area contributed by atoms with Gasteiger partial charge >= 0.3 is 0 Å². The fourth-order valence-electron chi connectivity index (χ4n) is 2.26. The Morgan fingerprint density at radius 1 is 1.09 bits per heavy atom. The van der Waals surface area contributed by atoms with Crippen LogP contribution in [0.5, 0.6) is 5.75 Å². The SMILES string of the molecule is COc1ccc(CC(=O)NC(=S)Nc2c(C)cccc2C)cc1. The lowest BCUT2D eigenvalue weighted by molar-refractivity contribution is -0.119. The van der Waals surface area contributed by atoms with Gasteiger partial charge < -0.3 is 15.4 Å². The van der Waals surface area contributed by atoms with Crippen LogP contribution in [-0.2, 0) is 11.2 Å². The lowest BCUT2D eigenvalue weighted by Gasteiger charge is -2.14. The number of hydrogen-bond donors (Lipinski definition) is 2. The number of carbonyl (C=O) groups is 1. The average molecular weight is 328 g/mol. The van der Waals surface area contributed by atoms with Crippen LogP contribution in [0.15, 0.2) is 42.5 Å². The van der Waals surface area contributed by atoms with Gasteiger partial charge in [-0.1, -0.05) is 30.3 Å². The lowest BCUT2D eigenvalue weighted by atomic mass is 10.1. The Morgan fingerprint density at radius 3 is 2.26 bits per heavy atom. The van der Waals surface area contributed by atoms with E-state index in [0.717, 1.165) is 28.1 Å². The molecule has 0 unspecified atom stereocenters. The van der Waals surface area contributed by atoms with Crippen molar-refractivity contribution in [3.63, 3.8) is 0 Å². The first-order valence-electron chi connectivity index (χ1n) is 7.29. The molecule has 5 heteroatoms. The molecule has 1 amide bonds. The van der Waals surface area contributed by atoms with Crippen LogP contribution in [0.3, 0.4) is 0 Å². The second kappa shape index (κ2) is 7.74. The number of para-hydroxylation sites is 1. The van der Waals surface area contributed by atoms with E-state index < -0.39 is 0 Å². The van der Waals surface area contributed by atoms with Gasteiger partial charge in [-0.2, -0.15) is 0 Å². The Hall–Kier alpha value is -2.40. The van der Waals surface area contributed by atoms with Crippen molar-refractivity contribution in [1.29, 1.82) is 0 Å². The van der Waals surface area contributed by atoms with Gasteiger partial charge in [0.15, 0.2) is 5.11 Å². The van der Waals surface area contributed by atoms with Crippen LogP contribution in [0.1, 0.15) is 16.7 Å². The van der Waals surface area contributed by atoms with Crippen molar-refractivity contribution in [3.8, 4) is 5.75 Å².